The number of anilines is 1. The zero-order chi connectivity index (χ0) is 19.7. The molecule has 2 heterocycles. The van der Waals surface area contributed by atoms with E-state index in [0.29, 0.717) is 54.0 Å². The SMILES string of the molecule is O=CN1CCN(c2ccc(N=Cc3c(O)[nH]c4ccc(F)cc34)cc2F)CC1. The van der Waals surface area contributed by atoms with Crippen LogP contribution in [0.1, 0.15) is 5.56 Å². The topological polar surface area (TPSA) is 71.9 Å². The van der Waals surface area contributed by atoms with Crippen molar-refractivity contribution in [3.05, 3.63) is 53.6 Å². The third-order valence-corrected chi connectivity index (χ3v) is 4.86. The average molecular weight is 384 g/mol. The smallest absolute Gasteiger partial charge is 0.209 e. The number of nitrogens with one attached hydrogen (secondary N) is 1. The summed E-state index contributed by atoms with van der Waals surface area (Å²) >= 11 is 0. The number of carbonyl (C=O) groups is 1. The Morgan fingerprint density at radius 2 is 1.86 bits per heavy atom. The lowest BCUT2D eigenvalue weighted by Crippen LogP contribution is -2.46. The molecule has 4 rings (SSSR count). The molecule has 0 radical (unpaired) electrons. The van der Waals surface area contributed by atoms with Crippen LogP contribution in [0.5, 0.6) is 5.88 Å². The molecule has 3 aromatic rings. The van der Waals surface area contributed by atoms with Gasteiger partial charge in [0.25, 0.3) is 0 Å². The van der Waals surface area contributed by atoms with Crippen LogP contribution in [0.3, 0.4) is 0 Å². The molecule has 0 aliphatic carbocycles. The minimum atomic E-state index is -0.425. The molecule has 1 saturated heterocycles. The Bertz CT molecular complexity index is 1060. The number of aliphatic imine (C=N–C) groups is 1. The van der Waals surface area contributed by atoms with Gasteiger partial charge in [0.15, 0.2) is 5.88 Å². The molecule has 6 nitrogen and oxygen atoms in total. The number of hydrogen-bond acceptors (Lipinski definition) is 4. The van der Waals surface area contributed by atoms with Crippen molar-refractivity contribution in [1.82, 2.24) is 9.88 Å². The number of fused-ring (bicyclic) bond motifs is 1. The van der Waals surface area contributed by atoms with E-state index in [0.717, 1.165) is 6.41 Å². The van der Waals surface area contributed by atoms with Gasteiger partial charge >= 0.3 is 0 Å². The maximum atomic E-state index is 14.6. The standard InChI is InChI=1S/C20H18F2N4O2/c21-13-1-3-18-15(9-13)16(20(28)24-18)11-23-14-2-4-19(17(22)10-14)26-7-5-25(12-27)6-8-26/h1-4,9-12,24,28H,5-8H2. The lowest BCUT2D eigenvalue weighted by Gasteiger charge is -2.34. The van der Waals surface area contributed by atoms with Gasteiger partial charge in [-0.2, -0.15) is 0 Å². The van der Waals surface area contributed by atoms with Gasteiger partial charge in [-0.3, -0.25) is 9.79 Å². The molecule has 0 atom stereocenters. The summed E-state index contributed by atoms with van der Waals surface area (Å²) in [6.45, 7) is 2.23. The van der Waals surface area contributed by atoms with E-state index < -0.39 is 11.6 Å². The highest BCUT2D eigenvalue weighted by Gasteiger charge is 2.18. The summed E-state index contributed by atoms with van der Waals surface area (Å²) in [5, 5.41) is 10.5. The summed E-state index contributed by atoms with van der Waals surface area (Å²) in [5.74, 6) is -0.968. The summed E-state index contributed by atoms with van der Waals surface area (Å²) in [6.07, 6.45) is 2.18. The van der Waals surface area contributed by atoms with Gasteiger partial charge in [-0.1, -0.05) is 0 Å². The molecule has 8 heteroatoms. The molecule has 1 aromatic heterocycles. The number of aromatic nitrogens is 1. The van der Waals surface area contributed by atoms with Crippen LogP contribution in [0.2, 0.25) is 0 Å². The van der Waals surface area contributed by atoms with Crippen LogP contribution in [0.25, 0.3) is 10.9 Å². The first-order chi connectivity index (χ1) is 13.5. The lowest BCUT2D eigenvalue weighted by atomic mass is 10.2. The van der Waals surface area contributed by atoms with Crippen LogP contribution in [-0.2, 0) is 4.79 Å². The molecule has 28 heavy (non-hydrogen) atoms. The highest BCUT2D eigenvalue weighted by atomic mass is 19.1. The largest absolute Gasteiger partial charge is 0.494 e. The molecule has 0 unspecified atom stereocenters. The van der Waals surface area contributed by atoms with Gasteiger partial charge in [-0.25, -0.2) is 8.78 Å². The first kappa shape index (κ1) is 18.0. The van der Waals surface area contributed by atoms with E-state index in [2.05, 4.69) is 9.98 Å². The summed E-state index contributed by atoms with van der Waals surface area (Å²) in [4.78, 5) is 21.3. The minimum absolute atomic E-state index is 0.130. The van der Waals surface area contributed by atoms with Gasteiger partial charge in [-0.15, -0.1) is 0 Å². The molecule has 2 aromatic carbocycles. The van der Waals surface area contributed by atoms with Crippen molar-refractivity contribution in [3.8, 4) is 5.88 Å². The Hall–Kier alpha value is -3.42. The van der Waals surface area contributed by atoms with E-state index in [4.69, 9.17) is 0 Å². The molecule has 2 N–H and O–H groups in total. The van der Waals surface area contributed by atoms with E-state index in [9.17, 15) is 18.7 Å². The number of hydrogen-bond donors (Lipinski definition) is 2. The third kappa shape index (κ3) is 3.40. The van der Waals surface area contributed by atoms with Gasteiger partial charge in [0.2, 0.25) is 6.41 Å². The number of H-pyrrole nitrogens is 1. The second kappa shape index (κ2) is 7.30. The van der Waals surface area contributed by atoms with E-state index >= 15 is 0 Å². The number of benzene rings is 2. The molecule has 1 amide bonds. The predicted octanol–water partition coefficient (Wildman–Crippen LogP) is 3.18. The molecule has 1 aliphatic heterocycles. The van der Waals surface area contributed by atoms with E-state index in [1.807, 2.05) is 4.90 Å². The first-order valence-electron chi connectivity index (χ1n) is 8.83. The Labute approximate surface area is 159 Å². The molecule has 144 valence electrons. The van der Waals surface area contributed by atoms with Crippen LogP contribution >= 0.6 is 0 Å². The fourth-order valence-electron chi connectivity index (χ4n) is 3.34. The average Bonchev–Trinajstić information content (AvgIpc) is 3.01. The first-order valence-corrected chi connectivity index (χ1v) is 8.83. The zero-order valence-electron chi connectivity index (χ0n) is 14.9. The second-order valence-electron chi connectivity index (χ2n) is 6.60. The highest BCUT2D eigenvalue weighted by molar-refractivity contribution is 6.02. The van der Waals surface area contributed by atoms with Crippen molar-refractivity contribution in [2.45, 2.75) is 0 Å². The van der Waals surface area contributed by atoms with Crippen LogP contribution in [0, 0.1) is 11.6 Å². The Morgan fingerprint density at radius 3 is 2.57 bits per heavy atom. The molecule has 1 fully saturated rings. The lowest BCUT2D eigenvalue weighted by molar-refractivity contribution is -0.118. The Kier molecular flexibility index (Phi) is 4.68. The summed E-state index contributed by atoms with van der Waals surface area (Å²) < 4.78 is 28.1. The monoisotopic (exact) mass is 384 g/mol. The molecular weight excluding hydrogens is 366 g/mol. The molecule has 0 bridgehead atoms. The van der Waals surface area contributed by atoms with Gasteiger partial charge in [-0.05, 0) is 30.3 Å². The fourth-order valence-corrected chi connectivity index (χ4v) is 3.34. The molecule has 0 saturated carbocycles. The third-order valence-electron chi connectivity index (χ3n) is 4.86. The summed E-state index contributed by atoms with van der Waals surface area (Å²) in [5.41, 5.74) is 1.75. The highest BCUT2D eigenvalue weighted by Crippen LogP contribution is 2.28. The van der Waals surface area contributed by atoms with Crippen molar-refractivity contribution < 1.29 is 18.7 Å². The second-order valence-corrected chi connectivity index (χ2v) is 6.60. The van der Waals surface area contributed by atoms with Crippen molar-refractivity contribution in [1.29, 1.82) is 0 Å². The number of halogens is 2. The quantitative estimate of drug-likeness (QED) is 0.536. The number of nitrogens with zero attached hydrogens (tertiary/aromatic N) is 3. The number of rotatable bonds is 4. The maximum Gasteiger partial charge on any atom is 0.209 e. The number of aromatic hydroxyl groups is 1. The number of carbonyl (C=O) groups excluding carboxylic acids is 1. The minimum Gasteiger partial charge on any atom is -0.494 e. The Morgan fingerprint density at radius 1 is 1.07 bits per heavy atom. The van der Waals surface area contributed by atoms with Crippen LogP contribution < -0.4 is 4.90 Å². The van der Waals surface area contributed by atoms with E-state index in [1.54, 1.807) is 17.0 Å². The number of aromatic amines is 1. The summed E-state index contributed by atoms with van der Waals surface area (Å²) in [7, 11) is 0. The van der Waals surface area contributed by atoms with Crippen molar-refractivity contribution >= 4 is 34.9 Å². The number of amides is 1. The van der Waals surface area contributed by atoms with Gasteiger partial charge in [0, 0.05) is 49.4 Å². The van der Waals surface area contributed by atoms with Crippen LogP contribution in [0.15, 0.2) is 41.4 Å². The Balaban J connectivity index is 1.56. The summed E-state index contributed by atoms with van der Waals surface area (Å²) in [6, 6.07) is 8.75. The molecule has 1 aliphatic rings. The zero-order valence-corrected chi connectivity index (χ0v) is 14.9. The van der Waals surface area contributed by atoms with Crippen LogP contribution in [0.4, 0.5) is 20.2 Å². The van der Waals surface area contributed by atoms with Crippen molar-refractivity contribution in [3.63, 3.8) is 0 Å². The van der Waals surface area contributed by atoms with E-state index in [-0.39, 0.29) is 5.88 Å². The van der Waals surface area contributed by atoms with Crippen molar-refractivity contribution in [2.24, 2.45) is 4.99 Å². The van der Waals surface area contributed by atoms with Crippen molar-refractivity contribution in [2.75, 3.05) is 31.1 Å². The normalized spacial score (nSPS) is 14.9. The fraction of sp³-hybridized carbons (Fsp3) is 0.200. The van der Waals surface area contributed by atoms with Gasteiger partial charge in [0.05, 0.1) is 16.9 Å². The predicted molar refractivity (Wildman–Crippen MR) is 103 cm³/mol. The van der Waals surface area contributed by atoms with Crippen LogP contribution in [-0.4, -0.2) is 53.8 Å². The van der Waals surface area contributed by atoms with E-state index in [1.165, 1.54) is 30.5 Å². The number of piperazine rings is 1. The molecule has 0 spiro atoms. The van der Waals surface area contributed by atoms with Gasteiger partial charge in [0.1, 0.15) is 11.6 Å². The van der Waals surface area contributed by atoms with Gasteiger partial charge < -0.3 is 19.9 Å². The maximum absolute atomic E-state index is 14.6. The molecular formula is C20H18F2N4O2.